The highest BCUT2D eigenvalue weighted by Crippen LogP contribution is 2.26. The van der Waals surface area contributed by atoms with Crippen molar-refractivity contribution in [2.75, 3.05) is 6.54 Å². The van der Waals surface area contributed by atoms with E-state index in [4.69, 9.17) is 11.6 Å². The standard InChI is InChI=1S/C23H32ClN3O/c1-16(2)15-27-18(4)21(17(3)25-27)11-12-23(28)26-13-7-9-20(26)14-19-8-5-6-10-22(19)24/h5-6,8,10,16,20H,7,9,11-15H2,1-4H3. The second-order valence-corrected chi connectivity index (χ2v) is 8.81. The molecule has 0 spiro atoms. The summed E-state index contributed by atoms with van der Waals surface area (Å²) in [4.78, 5) is 15.1. The molecule has 2 aromatic rings. The van der Waals surface area contributed by atoms with E-state index < -0.39 is 0 Å². The first-order chi connectivity index (χ1) is 13.4. The van der Waals surface area contributed by atoms with Gasteiger partial charge in [0.15, 0.2) is 0 Å². The predicted octanol–water partition coefficient (Wildman–Crippen LogP) is 4.98. The van der Waals surface area contributed by atoms with E-state index in [-0.39, 0.29) is 11.9 Å². The second kappa shape index (κ2) is 9.13. The van der Waals surface area contributed by atoms with Crippen molar-refractivity contribution in [1.29, 1.82) is 0 Å². The van der Waals surface area contributed by atoms with Crippen molar-refractivity contribution in [2.24, 2.45) is 5.92 Å². The largest absolute Gasteiger partial charge is 0.339 e. The van der Waals surface area contributed by atoms with Crippen LogP contribution in [-0.2, 0) is 24.2 Å². The van der Waals surface area contributed by atoms with Gasteiger partial charge in [0.05, 0.1) is 5.69 Å². The Kier molecular flexibility index (Phi) is 6.82. The third kappa shape index (κ3) is 4.78. The number of aryl methyl sites for hydroxylation is 1. The maximum Gasteiger partial charge on any atom is 0.223 e. The molecule has 1 aromatic carbocycles. The maximum absolute atomic E-state index is 13.0. The van der Waals surface area contributed by atoms with Crippen molar-refractivity contribution in [2.45, 2.75) is 72.4 Å². The van der Waals surface area contributed by atoms with Gasteiger partial charge in [0.2, 0.25) is 5.91 Å². The molecular weight excluding hydrogens is 370 g/mol. The SMILES string of the molecule is Cc1nn(CC(C)C)c(C)c1CCC(=O)N1CCCC1Cc1ccccc1Cl. The van der Waals surface area contributed by atoms with Crippen molar-refractivity contribution in [1.82, 2.24) is 14.7 Å². The van der Waals surface area contributed by atoms with Crippen LogP contribution < -0.4 is 0 Å². The van der Waals surface area contributed by atoms with Crippen molar-refractivity contribution in [3.05, 3.63) is 51.8 Å². The van der Waals surface area contributed by atoms with Gasteiger partial charge in [0.1, 0.15) is 0 Å². The van der Waals surface area contributed by atoms with Crippen molar-refractivity contribution in [3.8, 4) is 0 Å². The summed E-state index contributed by atoms with van der Waals surface area (Å²) < 4.78 is 2.09. The van der Waals surface area contributed by atoms with Gasteiger partial charge in [-0.15, -0.1) is 0 Å². The minimum Gasteiger partial charge on any atom is -0.339 e. The molecule has 1 unspecified atom stereocenters. The smallest absolute Gasteiger partial charge is 0.223 e. The summed E-state index contributed by atoms with van der Waals surface area (Å²) in [6.07, 6.45) is 4.29. The highest BCUT2D eigenvalue weighted by molar-refractivity contribution is 6.31. The van der Waals surface area contributed by atoms with Gasteiger partial charge in [0.25, 0.3) is 0 Å². The Bertz CT molecular complexity index is 827. The monoisotopic (exact) mass is 401 g/mol. The Balaban J connectivity index is 1.63. The Morgan fingerprint density at radius 2 is 2.04 bits per heavy atom. The van der Waals surface area contributed by atoms with E-state index in [1.807, 2.05) is 18.2 Å². The fourth-order valence-electron chi connectivity index (χ4n) is 4.29. The summed E-state index contributed by atoms with van der Waals surface area (Å²) in [6.45, 7) is 10.4. The number of nitrogens with zero attached hydrogens (tertiary/aromatic N) is 3. The predicted molar refractivity (Wildman–Crippen MR) is 115 cm³/mol. The van der Waals surface area contributed by atoms with E-state index >= 15 is 0 Å². The minimum atomic E-state index is 0.255. The number of rotatable bonds is 7. The number of hydrogen-bond donors (Lipinski definition) is 0. The van der Waals surface area contributed by atoms with Gasteiger partial charge in [0, 0.05) is 36.3 Å². The number of carbonyl (C=O) groups excluding carboxylic acids is 1. The van der Waals surface area contributed by atoms with Gasteiger partial charge in [-0.1, -0.05) is 43.6 Å². The van der Waals surface area contributed by atoms with Crippen LogP contribution in [0.4, 0.5) is 0 Å². The minimum absolute atomic E-state index is 0.255. The topological polar surface area (TPSA) is 38.1 Å². The Hall–Kier alpha value is -1.81. The van der Waals surface area contributed by atoms with Crippen molar-refractivity contribution in [3.63, 3.8) is 0 Å². The molecule has 1 amide bonds. The molecule has 1 saturated heterocycles. The van der Waals surface area contributed by atoms with Gasteiger partial charge in [-0.3, -0.25) is 9.48 Å². The molecule has 0 N–H and O–H groups in total. The summed E-state index contributed by atoms with van der Waals surface area (Å²) >= 11 is 6.33. The molecule has 3 rings (SSSR count). The molecule has 1 atom stereocenters. The molecule has 152 valence electrons. The molecule has 0 bridgehead atoms. The molecule has 1 aliphatic heterocycles. The van der Waals surface area contributed by atoms with E-state index in [0.29, 0.717) is 12.3 Å². The number of benzene rings is 1. The maximum atomic E-state index is 13.0. The van der Waals surface area contributed by atoms with Crippen LogP contribution in [0.5, 0.6) is 0 Å². The van der Waals surface area contributed by atoms with Crippen LogP contribution in [0.3, 0.4) is 0 Å². The van der Waals surface area contributed by atoms with Crippen LogP contribution >= 0.6 is 11.6 Å². The van der Waals surface area contributed by atoms with Gasteiger partial charge in [-0.25, -0.2) is 0 Å². The first-order valence-electron chi connectivity index (χ1n) is 10.4. The lowest BCUT2D eigenvalue weighted by Crippen LogP contribution is -2.37. The van der Waals surface area contributed by atoms with E-state index in [1.54, 1.807) is 0 Å². The second-order valence-electron chi connectivity index (χ2n) is 8.40. The molecule has 1 fully saturated rings. The number of halogens is 1. The highest BCUT2D eigenvalue weighted by Gasteiger charge is 2.29. The Morgan fingerprint density at radius 1 is 1.29 bits per heavy atom. The summed E-state index contributed by atoms with van der Waals surface area (Å²) in [5.74, 6) is 0.813. The summed E-state index contributed by atoms with van der Waals surface area (Å²) in [5, 5.41) is 5.48. The van der Waals surface area contributed by atoms with Gasteiger partial charge < -0.3 is 4.90 Å². The molecule has 1 aromatic heterocycles. The fraction of sp³-hybridized carbons (Fsp3) is 0.565. The number of likely N-dealkylation sites (tertiary alicyclic amines) is 1. The number of amides is 1. The molecule has 5 heteroatoms. The zero-order chi connectivity index (χ0) is 20.3. The number of carbonyl (C=O) groups is 1. The van der Waals surface area contributed by atoms with Crippen LogP contribution in [0.2, 0.25) is 5.02 Å². The van der Waals surface area contributed by atoms with Crippen LogP contribution in [-0.4, -0.2) is 33.2 Å². The summed E-state index contributed by atoms with van der Waals surface area (Å²) in [5.41, 5.74) is 4.62. The van der Waals surface area contributed by atoms with Crippen LogP contribution in [0.1, 0.15) is 55.6 Å². The first-order valence-corrected chi connectivity index (χ1v) is 10.8. The molecule has 2 heterocycles. The fourth-order valence-corrected chi connectivity index (χ4v) is 4.50. The molecule has 28 heavy (non-hydrogen) atoms. The van der Waals surface area contributed by atoms with Crippen molar-refractivity contribution < 1.29 is 4.79 Å². The number of aromatic nitrogens is 2. The van der Waals surface area contributed by atoms with Gasteiger partial charge in [-0.05, 0) is 62.6 Å². The molecule has 0 aliphatic carbocycles. The van der Waals surface area contributed by atoms with E-state index in [2.05, 4.69) is 48.4 Å². The third-order valence-corrected chi connectivity index (χ3v) is 6.14. The zero-order valence-electron chi connectivity index (χ0n) is 17.5. The van der Waals surface area contributed by atoms with Crippen LogP contribution in [0.15, 0.2) is 24.3 Å². The van der Waals surface area contributed by atoms with Crippen LogP contribution in [0, 0.1) is 19.8 Å². The molecule has 0 radical (unpaired) electrons. The highest BCUT2D eigenvalue weighted by atomic mass is 35.5. The van der Waals surface area contributed by atoms with Gasteiger partial charge >= 0.3 is 0 Å². The lowest BCUT2D eigenvalue weighted by molar-refractivity contribution is -0.131. The molecule has 1 aliphatic rings. The molecule has 4 nitrogen and oxygen atoms in total. The Labute approximate surface area is 173 Å². The normalized spacial score (nSPS) is 16.9. The molecular formula is C23H32ClN3O. The lowest BCUT2D eigenvalue weighted by atomic mass is 10.0. The first kappa shape index (κ1) is 20.9. The van der Waals surface area contributed by atoms with Gasteiger partial charge in [-0.2, -0.15) is 5.10 Å². The molecule has 0 saturated carbocycles. The van der Waals surface area contributed by atoms with E-state index in [9.17, 15) is 4.79 Å². The average Bonchev–Trinajstić information content (AvgIpc) is 3.20. The van der Waals surface area contributed by atoms with E-state index in [0.717, 1.165) is 55.1 Å². The van der Waals surface area contributed by atoms with E-state index in [1.165, 1.54) is 11.3 Å². The van der Waals surface area contributed by atoms with Crippen LogP contribution in [0.25, 0.3) is 0 Å². The summed E-state index contributed by atoms with van der Waals surface area (Å²) in [7, 11) is 0. The summed E-state index contributed by atoms with van der Waals surface area (Å²) in [6, 6.07) is 8.23. The quantitative estimate of drug-likeness (QED) is 0.656. The zero-order valence-corrected chi connectivity index (χ0v) is 18.3. The Morgan fingerprint density at radius 3 is 2.75 bits per heavy atom. The third-order valence-electron chi connectivity index (χ3n) is 5.77. The van der Waals surface area contributed by atoms with Crippen molar-refractivity contribution >= 4 is 17.5 Å². The average molecular weight is 402 g/mol. The lowest BCUT2D eigenvalue weighted by Gasteiger charge is -2.25. The number of hydrogen-bond acceptors (Lipinski definition) is 2.